The molecule has 1 atom stereocenters. The maximum atomic E-state index is 12.7. The van der Waals surface area contributed by atoms with Crippen LogP contribution < -0.4 is 5.32 Å². The molecule has 1 saturated heterocycles. The molecule has 3 rings (SSSR count). The number of carbonyl (C=O) groups excluding carboxylic acids is 1. The summed E-state index contributed by atoms with van der Waals surface area (Å²) in [7, 11) is 1.84. The molecule has 0 saturated carbocycles. The summed E-state index contributed by atoms with van der Waals surface area (Å²) in [5, 5.41) is 4.72. The van der Waals surface area contributed by atoms with Crippen LogP contribution in [0.2, 0.25) is 5.02 Å². The highest BCUT2D eigenvalue weighted by Crippen LogP contribution is 2.24. The SMILES string of the molecule is CN(C(=O)c1cc(Cl)cc2cccnc12)C1CCNC1. The number of aromatic nitrogens is 1. The van der Waals surface area contributed by atoms with Crippen molar-refractivity contribution in [2.75, 3.05) is 20.1 Å². The number of pyridine rings is 1. The van der Waals surface area contributed by atoms with Crippen LogP contribution in [0.3, 0.4) is 0 Å². The van der Waals surface area contributed by atoms with E-state index in [9.17, 15) is 4.79 Å². The van der Waals surface area contributed by atoms with E-state index in [2.05, 4.69) is 10.3 Å². The summed E-state index contributed by atoms with van der Waals surface area (Å²) >= 11 is 6.12. The normalized spacial score (nSPS) is 18.4. The fourth-order valence-electron chi connectivity index (χ4n) is 2.64. The number of nitrogens with one attached hydrogen (secondary N) is 1. The van der Waals surface area contributed by atoms with E-state index >= 15 is 0 Å². The van der Waals surface area contributed by atoms with Gasteiger partial charge in [-0.05, 0) is 31.2 Å². The summed E-state index contributed by atoms with van der Waals surface area (Å²) in [5.41, 5.74) is 1.28. The highest BCUT2D eigenvalue weighted by Gasteiger charge is 2.25. The fourth-order valence-corrected chi connectivity index (χ4v) is 2.87. The summed E-state index contributed by atoms with van der Waals surface area (Å²) in [6, 6.07) is 7.54. The smallest absolute Gasteiger partial charge is 0.256 e. The average Bonchev–Trinajstić information content (AvgIpc) is 2.99. The molecule has 104 valence electrons. The van der Waals surface area contributed by atoms with Crippen molar-refractivity contribution in [2.45, 2.75) is 12.5 Å². The van der Waals surface area contributed by atoms with Crippen LogP contribution in [0.5, 0.6) is 0 Å². The van der Waals surface area contributed by atoms with Crippen LogP contribution in [0.1, 0.15) is 16.8 Å². The Morgan fingerprint density at radius 2 is 2.35 bits per heavy atom. The van der Waals surface area contributed by atoms with Gasteiger partial charge in [-0.25, -0.2) is 0 Å². The predicted molar refractivity (Wildman–Crippen MR) is 80.1 cm³/mol. The molecule has 1 aromatic heterocycles. The van der Waals surface area contributed by atoms with Crippen LogP contribution in [0.25, 0.3) is 10.9 Å². The highest BCUT2D eigenvalue weighted by molar-refractivity contribution is 6.32. The first-order chi connectivity index (χ1) is 9.66. The Bertz CT molecular complexity index is 653. The molecule has 2 aromatic rings. The van der Waals surface area contributed by atoms with E-state index in [4.69, 9.17) is 11.6 Å². The standard InChI is InChI=1S/C15H16ClN3O/c1-19(12-4-6-17-9-12)15(20)13-8-11(16)7-10-3-2-5-18-14(10)13/h2-3,5,7-8,12,17H,4,6,9H2,1H3. The number of rotatable bonds is 2. The Hall–Kier alpha value is -1.65. The lowest BCUT2D eigenvalue weighted by atomic mass is 10.1. The molecule has 1 unspecified atom stereocenters. The summed E-state index contributed by atoms with van der Waals surface area (Å²) in [4.78, 5) is 18.8. The number of carbonyl (C=O) groups is 1. The largest absolute Gasteiger partial charge is 0.337 e. The van der Waals surface area contributed by atoms with Crippen molar-refractivity contribution in [3.05, 3.63) is 41.0 Å². The Balaban J connectivity index is 2.02. The molecule has 1 aromatic carbocycles. The van der Waals surface area contributed by atoms with Gasteiger partial charge in [-0.3, -0.25) is 9.78 Å². The maximum Gasteiger partial charge on any atom is 0.256 e. The maximum absolute atomic E-state index is 12.7. The molecule has 1 aliphatic rings. The number of hydrogen-bond acceptors (Lipinski definition) is 3. The van der Waals surface area contributed by atoms with Crippen LogP contribution in [0.15, 0.2) is 30.5 Å². The molecule has 0 spiro atoms. The number of fused-ring (bicyclic) bond motifs is 1. The average molecular weight is 290 g/mol. The van der Waals surface area contributed by atoms with Crippen LogP contribution in [0.4, 0.5) is 0 Å². The zero-order chi connectivity index (χ0) is 14.1. The van der Waals surface area contributed by atoms with Crippen LogP contribution in [-0.2, 0) is 0 Å². The Labute approximate surface area is 122 Å². The van der Waals surface area contributed by atoms with Gasteiger partial charge in [0.1, 0.15) is 0 Å². The van der Waals surface area contributed by atoms with Crippen LogP contribution in [0, 0.1) is 0 Å². The summed E-state index contributed by atoms with van der Waals surface area (Å²) in [6.45, 7) is 1.80. The zero-order valence-corrected chi connectivity index (χ0v) is 12.0. The van der Waals surface area contributed by atoms with Gasteiger partial charge >= 0.3 is 0 Å². The van der Waals surface area contributed by atoms with E-state index < -0.39 is 0 Å². The van der Waals surface area contributed by atoms with Crippen molar-refractivity contribution >= 4 is 28.4 Å². The lowest BCUT2D eigenvalue weighted by Gasteiger charge is -2.24. The molecule has 0 radical (unpaired) electrons. The van der Waals surface area contributed by atoms with Gasteiger partial charge in [0.15, 0.2) is 0 Å². The molecule has 1 N–H and O–H groups in total. The molecule has 1 aliphatic heterocycles. The van der Waals surface area contributed by atoms with E-state index in [1.807, 2.05) is 25.2 Å². The van der Waals surface area contributed by atoms with Gasteiger partial charge in [0.2, 0.25) is 0 Å². The number of benzene rings is 1. The van der Waals surface area contributed by atoms with Gasteiger partial charge in [0, 0.05) is 36.2 Å². The van der Waals surface area contributed by atoms with E-state index in [0.29, 0.717) is 16.1 Å². The quantitative estimate of drug-likeness (QED) is 0.923. The first kappa shape index (κ1) is 13.3. The van der Waals surface area contributed by atoms with Gasteiger partial charge in [-0.1, -0.05) is 17.7 Å². The first-order valence-corrected chi connectivity index (χ1v) is 7.07. The topological polar surface area (TPSA) is 45.2 Å². The molecule has 5 heteroatoms. The minimum absolute atomic E-state index is 0.0232. The third-order valence-corrected chi connectivity index (χ3v) is 4.02. The molecule has 0 aliphatic carbocycles. The number of likely N-dealkylation sites (N-methyl/N-ethyl adjacent to an activating group) is 1. The molecule has 20 heavy (non-hydrogen) atoms. The van der Waals surface area contributed by atoms with Gasteiger partial charge < -0.3 is 10.2 Å². The first-order valence-electron chi connectivity index (χ1n) is 6.69. The Morgan fingerprint density at radius 1 is 1.50 bits per heavy atom. The molecular formula is C15H16ClN3O. The lowest BCUT2D eigenvalue weighted by molar-refractivity contribution is 0.0745. The van der Waals surface area contributed by atoms with Gasteiger partial charge in [-0.15, -0.1) is 0 Å². The third-order valence-electron chi connectivity index (χ3n) is 3.80. The van der Waals surface area contributed by atoms with Gasteiger partial charge in [0.05, 0.1) is 11.1 Å². The van der Waals surface area contributed by atoms with Crippen molar-refractivity contribution in [3.8, 4) is 0 Å². The highest BCUT2D eigenvalue weighted by atomic mass is 35.5. The van der Waals surface area contributed by atoms with Crippen molar-refractivity contribution in [1.82, 2.24) is 15.2 Å². The predicted octanol–water partition coefficient (Wildman–Crippen LogP) is 2.32. The molecular weight excluding hydrogens is 274 g/mol. The summed E-state index contributed by atoms with van der Waals surface area (Å²) < 4.78 is 0. The minimum Gasteiger partial charge on any atom is -0.337 e. The third kappa shape index (κ3) is 2.37. The van der Waals surface area contributed by atoms with Crippen molar-refractivity contribution in [3.63, 3.8) is 0 Å². The molecule has 1 amide bonds. The number of amides is 1. The van der Waals surface area contributed by atoms with Crippen LogP contribution >= 0.6 is 11.6 Å². The number of nitrogens with zero attached hydrogens (tertiary/aromatic N) is 2. The second-order valence-corrected chi connectivity index (χ2v) is 5.53. The Morgan fingerprint density at radius 3 is 3.10 bits per heavy atom. The van der Waals surface area contributed by atoms with Crippen molar-refractivity contribution in [1.29, 1.82) is 0 Å². The second kappa shape index (κ2) is 5.38. The van der Waals surface area contributed by atoms with Crippen molar-refractivity contribution in [2.24, 2.45) is 0 Å². The molecule has 0 bridgehead atoms. The van der Waals surface area contributed by atoms with Gasteiger partial charge in [0.25, 0.3) is 5.91 Å². The van der Waals surface area contributed by atoms with E-state index in [1.165, 1.54) is 0 Å². The number of halogens is 1. The second-order valence-electron chi connectivity index (χ2n) is 5.09. The van der Waals surface area contributed by atoms with Crippen LogP contribution in [-0.4, -0.2) is 42.0 Å². The van der Waals surface area contributed by atoms with E-state index in [1.54, 1.807) is 17.2 Å². The Kier molecular flexibility index (Phi) is 3.59. The lowest BCUT2D eigenvalue weighted by Crippen LogP contribution is -2.38. The van der Waals surface area contributed by atoms with E-state index in [-0.39, 0.29) is 11.9 Å². The van der Waals surface area contributed by atoms with Gasteiger partial charge in [-0.2, -0.15) is 0 Å². The molecule has 4 nitrogen and oxygen atoms in total. The summed E-state index contributed by atoms with van der Waals surface area (Å²) in [6.07, 6.45) is 2.68. The monoisotopic (exact) mass is 289 g/mol. The fraction of sp³-hybridized carbons (Fsp3) is 0.333. The summed E-state index contributed by atoms with van der Waals surface area (Å²) in [5.74, 6) is -0.0232. The molecule has 2 heterocycles. The zero-order valence-electron chi connectivity index (χ0n) is 11.3. The van der Waals surface area contributed by atoms with E-state index in [0.717, 1.165) is 24.9 Å². The number of hydrogen-bond donors (Lipinski definition) is 1. The molecule has 1 fully saturated rings. The van der Waals surface area contributed by atoms with Crippen molar-refractivity contribution < 1.29 is 4.79 Å². The minimum atomic E-state index is -0.0232.